The molecule has 0 aliphatic rings. The van der Waals surface area contributed by atoms with E-state index in [1.54, 1.807) is 0 Å². The van der Waals surface area contributed by atoms with E-state index in [4.69, 9.17) is 10.5 Å². The summed E-state index contributed by atoms with van der Waals surface area (Å²) in [6, 6.07) is 0. The Morgan fingerprint density at radius 1 is 1.62 bits per heavy atom. The molecule has 0 aliphatic carbocycles. The quantitative estimate of drug-likeness (QED) is 0.450. The van der Waals surface area contributed by atoms with E-state index in [9.17, 15) is 8.42 Å². The highest BCUT2D eigenvalue weighted by Gasteiger charge is 2.12. The maximum atomic E-state index is 11.5. The Morgan fingerprint density at radius 3 is 3.00 bits per heavy atom. The van der Waals surface area contributed by atoms with E-state index in [2.05, 4.69) is 19.6 Å². The molecule has 1 aromatic rings. The van der Waals surface area contributed by atoms with Crippen LogP contribution in [-0.4, -0.2) is 38.9 Å². The second kappa shape index (κ2) is 5.80. The summed E-state index contributed by atoms with van der Waals surface area (Å²) in [4.78, 5) is 0. The van der Waals surface area contributed by atoms with E-state index in [1.807, 2.05) is 0 Å². The third-order valence-electron chi connectivity index (χ3n) is 1.77. The molecule has 5 N–H and O–H groups in total. The van der Waals surface area contributed by atoms with Gasteiger partial charge in [0.1, 0.15) is 5.82 Å². The maximum absolute atomic E-state index is 11.5. The summed E-state index contributed by atoms with van der Waals surface area (Å²) in [6.45, 7) is 0.692. The van der Waals surface area contributed by atoms with Gasteiger partial charge >= 0.3 is 0 Å². The number of aromatic nitrogens is 2. The Kier molecular flexibility index (Phi) is 4.68. The molecule has 0 amide bonds. The van der Waals surface area contributed by atoms with Crippen molar-refractivity contribution in [1.29, 1.82) is 0 Å². The molecule has 0 spiro atoms. The molecular weight excluding hydrogens is 234 g/mol. The number of nitrogens with zero attached hydrogens (tertiary/aromatic N) is 1. The van der Waals surface area contributed by atoms with Gasteiger partial charge in [0.05, 0.1) is 12.8 Å². The predicted octanol–water partition coefficient (Wildman–Crippen LogP) is -1.24. The van der Waals surface area contributed by atoms with Gasteiger partial charge in [-0.25, -0.2) is 0 Å². The second-order valence-electron chi connectivity index (χ2n) is 2.97. The Balaban J connectivity index is 2.59. The molecule has 16 heavy (non-hydrogen) atoms. The maximum Gasteiger partial charge on any atom is 0.300 e. The lowest BCUT2D eigenvalue weighted by Crippen LogP contribution is -2.33. The summed E-state index contributed by atoms with van der Waals surface area (Å²) in [5, 5.41) is 6.20. The van der Waals surface area contributed by atoms with Crippen LogP contribution >= 0.6 is 0 Å². The SMILES string of the molecule is COCCNS(=O)(=O)Nc1[nH]ncc1CN. The van der Waals surface area contributed by atoms with Gasteiger partial charge in [-0.05, 0) is 0 Å². The molecule has 0 atom stereocenters. The minimum Gasteiger partial charge on any atom is -0.383 e. The van der Waals surface area contributed by atoms with Crippen LogP contribution in [0.25, 0.3) is 0 Å². The third-order valence-corrected chi connectivity index (χ3v) is 2.83. The summed E-state index contributed by atoms with van der Waals surface area (Å²) in [5.74, 6) is 0.271. The van der Waals surface area contributed by atoms with Gasteiger partial charge in [-0.1, -0.05) is 0 Å². The van der Waals surface area contributed by atoms with E-state index >= 15 is 0 Å². The lowest BCUT2D eigenvalue weighted by molar-refractivity contribution is 0.204. The topological polar surface area (TPSA) is 122 Å². The molecule has 0 saturated carbocycles. The number of nitrogens with two attached hydrogens (primary N) is 1. The van der Waals surface area contributed by atoms with E-state index in [-0.39, 0.29) is 18.9 Å². The number of anilines is 1. The standard InChI is InChI=1S/C7H15N5O3S/c1-15-3-2-10-16(13,14)12-7-6(4-8)5-9-11-7/h5,10H,2-4,8H2,1H3,(H2,9,11,12). The fourth-order valence-corrected chi connectivity index (χ4v) is 1.87. The minimum atomic E-state index is -3.62. The van der Waals surface area contributed by atoms with Gasteiger partial charge in [-0.3, -0.25) is 9.82 Å². The van der Waals surface area contributed by atoms with E-state index < -0.39 is 10.2 Å². The normalized spacial score (nSPS) is 11.6. The zero-order valence-electron chi connectivity index (χ0n) is 8.86. The summed E-state index contributed by atoms with van der Waals surface area (Å²) in [5.41, 5.74) is 5.99. The average molecular weight is 249 g/mol. The van der Waals surface area contributed by atoms with Crippen molar-refractivity contribution >= 4 is 16.0 Å². The number of methoxy groups -OCH3 is 1. The van der Waals surface area contributed by atoms with Crippen molar-refractivity contribution in [2.24, 2.45) is 5.73 Å². The molecule has 0 saturated heterocycles. The van der Waals surface area contributed by atoms with Gasteiger partial charge in [-0.15, -0.1) is 0 Å². The molecule has 1 aromatic heterocycles. The molecule has 0 unspecified atom stereocenters. The molecule has 9 heteroatoms. The molecular formula is C7H15N5O3S. The fraction of sp³-hybridized carbons (Fsp3) is 0.571. The van der Waals surface area contributed by atoms with Crippen molar-refractivity contribution < 1.29 is 13.2 Å². The first-order valence-corrected chi connectivity index (χ1v) is 6.06. The molecule has 92 valence electrons. The summed E-state index contributed by atoms with van der Waals surface area (Å²) in [6.07, 6.45) is 1.47. The summed E-state index contributed by atoms with van der Waals surface area (Å²) < 4.78 is 32.3. The summed E-state index contributed by atoms with van der Waals surface area (Å²) >= 11 is 0. The smallest absolute Gasteiger partial charge is 0.300 e. The molecule has 8 nitrogen and oxygen atoms in total. The first-order valence-electron chi connectivity index (χ1n) is 4.57. The Bertz CT molecular complexity index is 415. The van der Waals surface area contributed by atoms with Gasteiger partial charge in [0.2, 0.25) is 0 Å². The largest absolute Gasteiger partial charge is 0.383 e. The van der Waals surface area contributed by atoms with Crippen LogP contribution in [0.3, 0.4) is 0 Å². The molecule has 0 aliphatic heterocycles. The molecule has 0 radical (unpaired) electrons. The fourth-order valence-electron chi connectivity index (χ4n) is 1.00. The van der Waals surface area contributed by atoms with Gasteiger partial charge in [-0.2, -0.15) is 18.2 Å². The van der Waals surface area contributed by atoms with Gasteiger partial charge < -0.3 is 10.5 Å². The van der Waals surface area contributed by atoms with Crippen LogP contribution in [0.4, 0.5) is 5.82 Å². The Hall–Kier alpha value is -1.16. The lowest BCUT2D eigenvalue weighted by atomic mass is 10.3. The molecule has 0 bridgehead atoms. The van der Waals surface area contributed by atoms with E-state index in [0.29, 0.717) is 12.2 Å². The summed E-state index contributed by atoms with van der Waals surface area (Å²) in [7, 11) is -2.13. The molecule has 1 rings (SSSR count). The van der Waals surface area contributed by atoms with E-state index in [1.165, 1.54) is 13.3 Å². The van der Waals surface area contributed by atoms with Crippen molar-refractivity contribution in [2.75, 3.05) is 25.0 Å². The predicted molar refractivity (Wildman–Crippen MR) is 58.9 cm³/mol. The van der Waals surface area contributed by atoms with Crippen molar-refractivity contribution in [2.45, 2.75) is 6.54 Å². The van der Waals surface area contributed by atoms with Crippen LogP contribution in [0, 0.1) is 0 Å². The highest BCUT2D eigenvalue weighted by Crippen LogP contribution is 2.10. The Labute approximate surface area is 93.7 Å². The number of aromatic amines is 1. The van der Waals surface area contributed by atoms with Gasteiger partial charge in [0.25, 0.3) is 10.2 Å². The monoisotopic (exact) mass is 249 g/mol. The zero-order valence-corrected chi connectivity index (χ0v) is 9.67. The number of nitrogens with one attached hydrogen (secondary N) is 3. The van der Waals surface area contributed by atoms with Crippen molar-refractivity contribution in [1.82, 2.24) is 14.9 Å². The second-order valence-corrected chi connectivity index (χ2v) is 4.47. The highest BCUT2D eigenvalue weighted by molar-refractivity contribution is 7.90. The molecule has 1 heterocycles. The third kappa shape index (κ3) is 3.77. The first-order chi connectivity index (χ1) is 7.59. The number of H-pyrrole nitrogens is 1. The van der Waals surface area contributed by atoms with Crippen LogP contribution in [0.15, 0.2) is 6.20 Å². The van der Waals surface area contributed by atoms with E-state index in [0.717, 1.165) is 0 Å². The molecule has 0 fully saturated rings. The average Bonchev–Trinajstić information content (AvgIpc) is 2.64. The highest BCUT2D eigenvalue weighted by atomic mass is 32.2. The van der Waals surface area contributed by atoms with Crippen LogP contribution in [-0.2, 0) is 21.5 Å². The molecule has 0 aromatic carbocycles. The van der Waals surface area contributed by atoms with Crippen LogP contribution < -0.4 is 15.2 Å². The van der Waals surface area contributed by atoms with Gasteiger partial charge in [0, 0.05) is 25.8 Å². The number of ether oxygens (including phenoxy) is 1. The van der Waals surface area contributed by atoms with Gasteiger partial charge in [0.15, 0.2) is 0 Å². The van der Waals surface area contributed by atoms with Crippen LogP contribution in [0.1, 0.15) is 5.56 Å². The minimum absolute atomic E-state index is 0.192. The lowest BCUT2D eigenvalue weighted by Gasteiger charge is -2.08. The zero-order chi connectivity index (χ0) is 12.0. The number of rotatable bonds is 7. The van der Waals surface area contributed by atoms with Crippen LogP contribution in [0.5, 0.6) is 0 Å². The first kappa shape index (κ1) is 12.9. The van der Waals surface area contributed by atoms with Crippen LogP contribution in [0.2, 0.25) is 0 Å². The number of hydrogen-bond acceptors (Lipinski definition) is 5. The Morgan fingerprint density at radius 2 is 2.38 bits per heavy atom. The number of hydrogen-bond donors (Lipinski definition) is 4. The van der Waals surface area contributed by atoms with Crippen molar-refractivity contribution in [3.63, 3.8) is 0 Å². The van der Waals surface area contributed by atoms with Crippen molar-refractivity contribution in [3.8, 4) is 0 Å². The van der Waals surface area contributed by atoms with Crippen molar-refractivity contribution in [3.05, 3.63) is 11.8 Å².